The molecule has 0 radical (unpaired) electrons. The molecule has 162 valence electrons. The lowest BCUT2D eigenvalue weighted by Gasteiger charge is -2.18. The molecule has 32 heavy (non-hydrogen) atoms. The Morgan fingerprint density at radius 3 is 2.69 bits per heavy atom. The Hall–Kier alpha value is -4.34. The van der Waals surface area contributed by atoms with Crippen LogP contribution >= 0.6 is 0 Å². The molecule has 10 nitrogen and oxygen atoms in total. The number of ether oxygens (including phenoxy) is 1. The van der Waals surface area contributed by atoms with Gasteiger partial charge in [0.25, 0.3) is 0 Å². The van der Waals surface area contributed by atoms with Gasteiger partial charge in [0.05, 0.1) is 24.7 Å². The number of methoxy groups -OCH3 is 1. The number of rotatable bonds is 5. The summed E-state index contributed by atoms with van der Waals surface area (Å²) < 4.78 is 14.9. The quantitative estimate of drug-likeness (QED) is 0.451. The number of nitrogens with zero attached hydrogens (tertiary/aromatic N) is 7. The van der Waals surface area contributed by atoms with Gasteiger partial charge in [0.2, 0.25) is 0 Å². The zero-order valence-corrected chi connectivity index (χ0v) is 18.1. The Morgan fingerprint density at radius 1 is 1.16 bits per heavy atom. The normalized spacial score (nSPS) is 11.2. The number of oxazole rings is 1. The van der Waals surface area contributed by atoms with Gasteiger partial charge in [-0.05, 0) is 36.8 Å². The van der Waals surface area contributed by atoms with Crippen molar-refractivity contribution in [3.05, 3.63) is 54.8 Å². The summed E-state index contributed by atoms with van der Waals surface area (Å²) in [6.45, 7) is 1.86. The highest BCUT2D eigenvalue weighted by molar-refractivity contribution is 5.92. The maximum Gasteiger partial charge on any atom is 0.301 e. The van der Waals surface area contributed by atoms with Crippen LogP contribution in [0, 0.1) is 6.92 Å². The van der Waals surface area contributed by atoms with Crippen molar-refractivity contribution < 1.29 is 9.15 Å². The fourth-order valence-corrected chi connectivity index (χ4v) is 3.75. The van der Waals surface area contributed by atoms with E-state index in [1.807, 2.05) is 62.4 Å². The fourth-order valence-electron chi connectivity index (χ4n) is 3.75. The van der Waals surface area contributed by atoms with Gasteiger partial charge in [-0.3, -0.25) is 9.58 Å². The van der Waals surface area contributed by atoms with E-state index in [1.54, 1.807) is 22.5 Å². The molecule has 4 heterocycles. The molecule has 1 aromatic carbocycles. The van der Waals surface area contributed by atoms with E-state index in [0.29, 0.717) is 23.1 Å². The molecule has 10 heteroatoms. The van der Waals surface area contributed by atoms with Gasteiger partial charge in [-0.25, -0.2) is 14.5 Å². The van der Waals surface area contributed by atoms with Gasteiger partial charge in [0.15, 0.2) is 5.82 Å². The topological polar surface area (TPSA) is 113 Å². The molecular weight excluding hydrogens is 408 g/mol. The summed E-state index contributed by atoms with van der Waals surface area (Å²) in [5, 5.41) is 8.94. The van der Waals surface area contributed by atoms with Gasteiger partial charge in [-0.1, -0.05) is 6.07 Å². The first-order valence-corrected chi connectivity index (χ1v) is 9.93. The predicted molar refractivity (Wildman–Crippen MR) is 121 cm³/mol. The van der Waals surface area contributed by atoms with Gasteiger partial charge < -0.3 is 14.9 Å². The molecule has 0 bridgehead atoms. The Balaban J connectivity index is 1.66. The van der Waals surface area contributed by atoms with Crippen LogP contribution in [-0.2, 0) is 7.05 Å². The summed E-state index contributed by atoms with van der Waals surface area (Å²) in [5.41, 5.74) is 11.2. The van der Waals surface area contributed by atoms with E-state index in [0.717, 1.165) is 34.0 Å². The highest BCUT2D eigenvalue weighted by Crippen LogP contribution is 2.39. The van der Waals surface area contributed by atoms with Crippen LogP contribution in [-0.4, -0.2) is 43.5 Å². The van der Waals surface area contributed by atoms with E-state index < -0.39 is 0 Å². The third kappa shape index (κ3) is 3.13. The van der Waals surface area contributed by atoms with E-state index in [9.17, 15) is 0 Å². The average Bonchev–Trinajstić information content (AvgIpc) is 3.51. The summed E-state index contributed by atoms with van der Waals surface area (Å²) >= 11 is 0. The first-order chi connectivity index (χ1) is 15.5. The molecule has 0 saturated carbocycles. The SMILES string of the molecule is COc1cc(-c2cc(-c3ccn(C)n3)n3ncnc(N)c23)ccc1N(C)c1ncc(C)o1. The van der Waals surface area contributed by atoms with E-state index in [1.165, 1.54) is 6.33 Å². The lowest BCUT2D eigenvalue weighted by Crippen LogP contribution is -2.11. The zero-order chi connectivity index (χ0) is 22.4. The summed E-state index contributed by atoms with van der Waals surface area (Å²) in [6.07, 6.45) is 5.01. The van der Waals surface area contributed by atoms with Gasteiger partial charge in [-0.2, -0.15) is 10.2 Å². The van der Waals surface area contributed by atoms with Gasteiger partial charge in [0, 0.05) is 25.9 Å². The van der Waals surface area contributed by atoms with Crippen molar-refractivity contribution in [1.29, 1.82) is 0 Å². The Kier molecular flexibility index (Phi) is 4.54. The molecule has 0 aliphatic carbocycles. The number of hydrogen-bond acceptors (Lipinski definition) is 8. The van der Waals surface area contributed by atoms with Crippen molar-refractivity contribution in [2.24, 2.45) is 7.05 Å². The van der Waals surface area contributed by atoms with Crippen molar-refractivity contribution in [3.8, 4) is 28.3 Å². The maximum absolute atomic E-state index is 6.26. The lowest BCUT2D eigenvalue weighted by molar-refractivity contribution is 0.415. The monoisotopic (exact) mass is 430 g/mol. The van der Waals surface area contributed by atoms with E-state index >= 15 is 0 Å². The predicted octanol–water partition coefficient (Wildman–Crippen LogP) is 3.45. The number of aromatic nitrogens is 6. The van der Waals surface area contributed by atoms with Crippen molar-refractivity contribution in [2.45, 2.75) is 6.92 Å². The number of nitrogen functional groups attached to an aromatic ring is 1. The highest BCUT2D eigenvalue weighted by Gasteiger charge is 2.20. The minimum absolute atomic E-state index is 0.382. The summed E-state index contributed by atoms with van der Waals surface area (Å²) in [6, 6.07) is 10.3. The highest BCUT2D eigenvalue weighted by atomic mass is 16.5. The maximum atomic E-state index is 6.26. The van der Waals surface area contributed by atoms with Crippen LogP contribution in [0.15, 0.2) is 53.5 Å². The van der Waals surface area contributed by atoms with Gasteiger partial charge in [0.1, 0.15) is 29.0 Å². The molecule has 0 unspecified atom stereocenters. The van der Waals surface area contributed by atoms with Crippen LogP contribution in [0.3, 0.4) is 0 Å². The molecular formula is C22H22N8O2. The van der Waals surface area contributed by atoms with Crippen LogP contribution in [0.25, 0.3) is 28.0 Å². The molecule has 0 amide bonds. The molecule has 0 atom stereocenters. The van der Waals surface area contributed by atoms with Crippen molar-refractivity contribution >= 4 is 23.0 Å². The first kappa shape index (κ1) is 19.6. The van der Waals surface area contributed by atoms with Crippen LogP contribution in [0.5, 0.6) is 5.75 Å². The van der Waals surface area contributed by atoms with E-state index in [-0.39, 0.29) is 0 Å². The van der Waals surface area contributed by atoms with Gasteiger partial charge >= 0.3 is 6.01 Å². The van der Waals surface area contributed by atoms with E-state index in [4.69, 9.17) is 14.9 Å². The molecule has 4 aromatic heterocycles. The van der Waals surface area contributed by atoms with Crippen molar-refractivity contribution in [2.75, 3.05) is 24.8 Å². The first-order valence-electron chi connectivity index (χ1n) is 9.93. The number of fused-ring (bicyclic) bond motifs is 1. The summed E-state index contributed by atoms with van der Waals surface area (Å²) in [4.78, 5) is 10.3. The number of benzene rings is 1. The number of aryl methyl sites for hydroxylation is 2. The second kappa shape index (κ2) is 7.41. The third-order valence-electron chi connectivity index (χ3n) is 5.31. The Morgan fingerprint density at radius 2 is 2.00 bits per heavy atom. The number of anilines is 3. The van der Waals surface area contributed by atoms with Gasteiger partial charge in [-0.15, -0.1) is 0 Å². The minimum atomic E-state index is 0.382. The standard InChI is InChI=1S/C22H22N8O2/c1-13-11-24-22(32-13)29(3)17-6-5-14(9-19(17)31-4)15-10-18(16-7-8-28(2)27-16)30-20(15)21(23)25-12-26-30/h5-12H,1-4H3,(H2,23,25,26). The molecule has 0 fully saturated rings. The van der Waals surface area contributed by atoms with Crippen LogP contribution in [0.1, 0.15) is 5.76 Å². The Labute approximate surface area is 183 Å². The molecule has 0 spiro atoms. The molecule has 0 saturated heterocycles. The number of nitrogens with two attached hydrogens (primary N) is 1. The largest absolute Gasteiger partial charge is 0.495 e. The van der Waals surface area contributed by atoms with Crippen molar-refractivity contribution in [1.82, 2.24) is 29.4 Å². The molecule has 2 N–H and O–H groups in total. The summed E-state index contributed by atoms with van der Waals surface area (Å²) in [5.74, 6) is 1.78. The van der Waals surface area contributed by atoms with E-state index in [2.05, 4.69) is 20.2 Å². The molecule has 0 aliphatic heterocycles. The van der Waals surface area contributed by atoms with Crippen LogP contribution in [0.2, 0.25) is 0 Å². The summed E-state index contributed by atoms with van der Waals surface area (Å²) in [7, 11) is 5.38. The molecule has 5 aromatic rings. The third-order valence-corrected chi connectivity index (χ3v) is 5.31. The van der Waals surface area contributed by atoms with Crippen molar-refractivity contribution in [3.63, 3.8) is 0 Å². The molecule has 0 aliphatic rings. The Bertz CT molecular complexity index is 1430. The second-order valence-electron chi connectivity index (χ2n) is 7.42. The number of hydrogen-bond donors (Lipinski definition) is 1. The van der Waals surface area contributed by atoms with Crippen LogP contribution < -0.4 is 15.4 Å². The minimum Gasteiger partial charge on any atom is -0.495 e. The second-order valence-corrected chi connectivity index (χ2v) is 7.42. The fraction of sp³-hybridized carbons (Fsp3) is 0.182. The lowest BCUT2D eigenvalue weighted by atomic mass is 10.0. The molecule has 5 rings (SSSR count). The average molecular weight is 430 g/mol. The van der Waals surface area contributed by atoms with Crippen LogP contribution in [0.4, 0.5) is 17.5 Å². The zero-order valence-electron chi connectivity index (χ0n) is 18.1. The smallest absolute Gasteiger partial charge is 0.301 e.